The molecule has 4 nitrogen and oxygen atoms in total. The Morgan fingerprint density at radius 2 is 2.17 bits per heavy atom. The lowest BCUT2D eigenvalue weighted by Crippen LogP contribution is -2.44. The highest BCUT2D eigenvalue weighted by molar-refractivity contribution is 6.10. The highest BCUT2D eigenvalue weighted by Gasteiger charge is 2.38. The summed E-state index contributed by atoms with van der Waals surface area (Å²) in [5.74, 6) is 1.20. The summed E-state index contributed by atoms with van der Waals surface area (Å²) >= 11 is 0. The summed E-state index contributed by atoms with van der Waals surface area (Å²) in [5.41, 5.74) is 2.68. The number of fused-ring (bicyclic) bond motifs is 1. The number of hydrogen-bond donors (Lipinski definition) is 0. The van der Waals surface area contributed by atoms with Crippen molar-refractivity contribution in [3.8, 4) is 6.07 Å². The van der Waals surface area contributed by atoms with Crippen molar-refractivity contribution in [3.63, 3.8) is 0 Å². The van der Waals surface area contributed by atoms with Crippen LogP contribution < -0.4 is 0 Å². The van der Waals surface area contributed by atoms with E-state index >= 15 is 0 Å². The molecular weight excluding hydrogens is 303 g/mol. The van der Waals surface area contributed by atoms with E-state index in [0.29, 0.717) is 6.04 Å². The average molecular weight is 322 g/mol. The van der Waals surface area contributed by atoms with Gasteiger partial charge in [-0.3, -0.25) is 5.01 Å². The van der Waals surface area contributed by atoms with Gasteiger partial charge >= 0.3 is 0 Å². The fraction of sp³-hybridized carbons (Fsp3) is 0.368. The quantitative estimate of drug-likeness (QED) is 0.854. The molecule has 1 aromatic rings. The summed E-state index contributed by atoms with van der Waals surface area (Å²) in [6, 6.07) is 6.97. The third-order valence-corrected chi connectivity index (χ3v) is 5.01. The lowest BCUT2D eigenvalue weighted by atomic mass is 10.0. The van der Waals surface area contributed by atoms with E-state index in [1.54, 1.807) is 12.1 Å². The highest BCUT2D eigenvalue weighted by atomic mass is 19.1. The molecular formula is C19H19FN4. The van der Waals surface area contributed by atoms with Crippen molar-refractivity contribution >= 4 is 5.71 Å². The molecule has 1 fully saturated rings. The molecule has 0 spiro atoms. The van der Waals surface area contributed by atoms with Crippen LogP contribution in [0.15, 0.2) is 46.9 Å². The second kappa shape index (κ2) is 5.57. The minimum Gasteiger partial charge on any atom is -0.261 e. The lowest BCUT2D eigenvalue weighted by Gasteiger charge is -2.37. The first-order valence-electron chi connectivity index (χ1n) is 8.32. The van der Waals surface area contributed by atoms with Crippen LogP contribution in [-0.4, -0.2) is 28.3 Å². The number of rotatable bonds is 3. The van der Waals surface area contributed by atoms with Crippen LogP contribution in [0.1, 0.15) is 37.8 Å². The topological polar surface area (TPSA) is 42.6 Å². The minimum absolute atomic E-state index is 0.0491. The Morgan fingerprint density at radius 3 is 2.88 bits per heavy atom. The number of nitriles is 1. The zero-order chi connectivity index (χ0) is 16.8. The Kier molecular flexibility index (Phi) is 3.50. The van der Waals surface area contributed by atoms with Crippen LogP contribution in [0.3, 0.4) is 0 Å². The second-order valence-corrected chi connectivity index (χ2v) is 6.66. The van der Waals surface area contributed by atoms with Gasteiger partial charge in [0.2, 0.25) is 0 Å². The molecule has 1 saturated carbocycles. The number of benzene rings is 1. The maximum atomic E-state index is 13.5. The molecule has 0 amide bonds. The Bertz CT molecular complexity index is 826. The molecule has 0 N–H and O–H groups in total. The summed E-state index contributed by atoms with van der Waals surface area (Å²) in [5, 5.41) is 13.6. The Morgan fingerprint density at radius 1 is 1.38 bits per heavy atom. The van der Waals surface area contributed by atoms with Gasteiger partial charge < -0.3 is 0 Å². The molecule has 24 heavy (non-hydrogen) atoms. The molecule has 1 atom stereocenters. The van der Waals surface area contributed by atoms with Gasteiger partial charge in [-0.1, -0.05) is 0 Å². The van der Waals surface area contributed by atoms with E-state index in [1.165, 1.54) is 18.9 Å². The van der Waals surface area contributed by atoms with Gasteiger partial charge in [0.05, 0.1) is 11.3 Å². The zero-order valence-electron chi connectivity index (χ0n) is 13.8. The molecule has 2 heterocycles. The Labute approximate surface area is 141 Å². The normalized spacial score (nSPS) is 21.6. The van der Waals surface area contributed by atoms with E-state index in [0.717, 1.165) is 35.3 Å². The molecule has 0 bridgehead atoms. The lowest BCUT2D eigenvalue weighted by molar-refractivity contribution is 0.0236. The van der Waals surface area contributed by atoms with E-state index in [4.69, 9.17) is 10.3 Å². The second-order valence-electron chi connectivity index (χ2n) is 6.66. The monoisotopic (exact) mass is 322 g/mol. The molecule has 1 aliphatic carbocycles. The van der Waals surface area contributed by atoms with E-state index in [1.807, 2.05) is 12.1 Å². The standard InChI is InChI=1S/C19H19FN4/c1-12-9-18(15-5-6-17(20)16(10-15)11-21)22-19-7-8-23(24(12)19)13(2)14-3-4-14/h5-7,9-10,13-14H,3-4,8H2,1-2H3/t13-/m0/s1. The predicted molar refractivity (Wildman–Crippen MR) is 90.2 cm³/mol. The van der Waals surface area contributed by atoms with Crippen molar-refractivity contribution in [2.45, 2.75) is 32.7 Å². The van der Waals surface area contributed by atoms with Gasteiger partial charge in [0.1, 0.15) is 17.7 Å². The first-order valence-corrected chi connectivity index (χ1v) is 8.32. The van der Waals surface area contributed by atoms with E-state index in [9.17, 15) is 4.39 Å². The van der Waals surface area contributed by atoms with Crippen LogP contribution >= 0.6 is 0 Å². The predicted octanol–water partition coefficient (Wildman–Crippen LogP) is 3.58. The first-order chi connectivity index (χ1) is 11.6. The van der Waals surface area contributed by atoms with Gasteiger partial charge in [-0.05, 0) is 63.0 Å². The summed E-state index contributed by atoms with van der Waals surface area (Å²) in [7, 11) is 0. The van der Waals surface area contributed by atoms with Gasteiger partial charge in [0.25, 0.3) is 0 Å². The molecule has 0 aromatic heterocycles. The van der Waals surface area contributed by atoms with Crippen molar-refractivity contribution in [2.24, 2.45) is 10.9 Å². The maximum absolute atomic E-state index is 13.5. The van der Waals surface area contributed by atoms with Crippen LogP contribution in [0.4, 0.5) is 4.39 Å². The Hall–Kier alpha value is -2.45. The number of nitrogens with zero attached hydrogens (tertiary/aromatic N) is 4. The molecule has 1 aromatic carbocycles. The third kappa shape index (κ3) is 2.44. The van der Waals surface area contributed by atoms with Crippen LogP contribution in [0.5, 0.6) is 0 Å². The third-order valence-electron chi connectivity index (χ3n) is 5.01. The van der Waals surface area contributed by atoms with E-state index in [-0.39, 0.29) is 5.56 Å². The van der Waals surface area contributed by atoms with Crippen molar-refractivity contribution in [2.75, 3.05) is 6.54 Å². The van der Waals surface area contributed by atoms with Crippen molar-refractivity contribution in [1.82, 2.24) is 10.0 Å². The summed E-state index contributed by atoms with van der Waals surface area (Å²) < 4.78 is 13.5. The highest BCUT2D eigenvalue weighted by Crippen LogP contribution is 2.39. The van der Waals surface area contributed by atoms with Crippen LogP contribution in [-0.2, 0) is 0 Å². The van der Waals surface area contributed by atoms with Gasteiger partial charge in [0, 0.05) is 23.8 Å². The zero-order valence-corrected chi connectivity index (χ0v) is 13.8. The van der Waals surface area contributed by atoms with Gasteiger partial charge in [-0.2, -0.15) is 5.26 Å². The maximum Gasteiger partial charge on any atom is 0.145 e. The fourth-order valence-electron chi connectivity index (χ4n) is 3.45. The Balaban J connectivity index is 1.65. The smallest absolute Gasteiger partial charge is 0.145 e. The molecule has 4 rings (SSSR count). The summed E-state index contributed by atoms with van der Waals surface area (Å²) in [4.78, 5) is 4.74. The number of hydrogen-bond acceptors (Lipinski definition) is 4. The molecule has 0 radical (unpaired) electrons. The van der Waals surface area contributed by atoms with E-state index in [2.05, 4.69) is 29.9 Å². The number of allylic oxidation sites excluding steroid dienone is 2. The minimum atomic E-state index is -0.496. The SMILES string of the molecule is CC1=CC(c2ccc(F)c(C#N)c2)=NC2=CCN([C@@H](C)C3CC3)N12. The van der Waals surface area contributed by atoms with Crippen molar-refractivity contribution < 1.29 is 4.39 Å². The molecule has 122 valence electrons. The first kappa shape index (κ1) is 15.1. The van der Waals surface area contributed by atoms with E-state index < -0.39 is 5.82 Å². The van der Waals surface area contributed by atoms with Crippen LogP contribution in [0, 0.1) is 23.1 Å². The number of aliphatic imine (C=N–C) groups is 1. The molecule has 0 unspecified atom stereocenters. The van der Waals surface area contributed by atoms with Gasteiger partial charge in [-0.25, -0.2) is 14.4 Å². The number of hydrazine groups is 1. The largest absolute Gasteiger partial charge is 0.261 e. The molecule has 2 aliphatic heterocycles. The van der Waals surface area contributed by atoms with Gasteiger partial charge in [-0.15, -0.1) is 0 Å². The average Bonchev–Trinajstić information content (AvgIpc) is 3.34. The van der Waals surface area contributed by atoms with Crippen molar-refractivity contribution in [1.29, 1.82) is 5.26 Å². The van der Waals surface area contributed by atoms with Crippen LogP contribution in [0.25, 0.3) is 0 Å². The van der Waals surface area contributed by atoms with Crippen molar-refractivity contribution in [3.05, 3.63) is 58.8 Å². The molecule has 5 heteroatoms. The summed E-state index contributed by atoms with van der Waals surface area (Å²) in [6.07, 6.45) is 6.75. The van der Waals surface area contributed by atoms with Crippen LogP contribution in [0.2, 0.25) is 0 Å². The van der Waals surface area contributed by atoms with Gasteiger partial charge in [0.15, 0.2) is 0 Å². The fourth-order valence-corrected chi connectivity index (χ4v) is 3.45. The molecule has 3 aliphatic rings. The molecule has 0 saturated heterocycles. The number of halogens is 1. The summed E-state index contributed by atoms with van der Waals surface area (Å²) in [6.45, 7) is 5.21.